The molecule has 2 aromatic carbocycles. The van der Waals surface area contributed by atoms with Gasteiger partial charge in [0.15, 0.2) is 0 Å². The summed E-state index contributed by atoms with van der Waals surface area (Å²) in [6.07, 6.45) is 2.63. The molecule has 2 aromatic rings. The van der Waals surface area contributed by atoms with Crippen molar-refractivity contribution >= 4 is 17.9 Å². The minimum atomic E-state index is -2.64. The number of hydrogen-bond donors (Lipinski definition) is 6. The average molecular weight is 552 g/mol. The molecule has 0 aliphatic heterocycles. The molecular weight excluding hydrogens is 512 g/mol. The molecule has 3 rings (SSSR count). The molecular formula is C28H39F2N3O6. The minimum Gasteiger partial charge on any atom is -0.480 e. The lowest BCUT2D eigenvalue weighted by Gasteiger charge is -2.24. The van der Waals surface area contributed by atoms with Crippen LogP contribution in [0.25, 0.3) is 0 Å². The van der Waals surface area contributed by atoms with E-state index in [2.05, 4.69) is 5.32 Å². The van der Waals surface area contributed by atoms with E-state index in [1.54, 1.807) is 6.92 Å². The van der Waals surface area contributed by atoms with Crippen LogP contribution in [0.1, 0.15) is 62.5 Å². The van der Waals surface area contributed by atoms with Crippen LogP contribution in [0.2, 0.25) is 0 Å². The van der Waals surface area contributed by atoms with Gasteiger partial charge in [0, 0.05) is 18.4 Å². The van der Waals surface area contributed by atoms with Gasteiger partial charge in [-0.15, -0.1) is 0 Å². The highest BCUT2D eigenvalue weighted by Gasteiger charge is 2.27. The number of halogens is 2. The van der Waals surface area contributed by atoms with Crippen molar-refractivity contribution in [3.05, 3.63) is 71.8 Å². The van der Waals surface area contributed by atoms with Gasteiger partial charge in [-0.1, -0.05) is 79.9 Å². The molecule has 1 aliphatic rings. The molecule has 0 heterocycles. The van der Waals surface area contributed by atoms with Gasteiger partial charge in [-0.25, -0.2) is 8.78 Å². The molecule has 9 nitrogen and oxygen atoms in total. The Morgan fingerprint density at radius 1 is 0.821 bits per heavy atom. The zero-order chi connectivity index (χ0) is 29.4. The van der Waals surface area contributed by atoms with E-state index < -0.39 is 48.9 Å². The lowest BCUT2D eigenvalue weighted by Crippen LogP contribution is -2.42. The van der Waals surface area contributed by atoms with Gasteiger partial charge in [-0.3, -0.25) is 14.4 Å². The zero-order valence-electron chi connectivity index (χ0n) is 22.0. The molecule has 3 atom stereocenters. The van der Waals surface area contributed by atoms with Crippen molar-refractivity contribution in [2.75, 3.05) is 0 Å². The molecule has 1 saturated carbocycles. The van der Waals surface area contributed by atoms with Crippen LogP contribution in [0.15, 0.2) is 60.7 Å². The maximum Gasteiger partial charge on any atom is 0.321 e. The molecule has 0 bridgehead atoms. The summed E-state index contributed by atoms with van der Waals surface area (Å²) in [4.78, 5) is 31.4. The summed E-state index contributed by atoms with van der Waals surface area (Å²) in [5.74, 6) is -3.46. The lowest BCUT2D eigenvalue weighted by molar-refractivity contribution is -0.140. The Kier molecular flexibility index (Phi) is 15.5. The summed E-state index contributed by atoms with van der Waals surface area (Å²) in [6.45, 7) is 1.71. The van der Waals surface area contributed by atoms with Crippen molar-refractivity contribution in [1.82, 2.24) is 5.32 Å². The largest absolute Gasteiger partial charge is 0.480 e. The molecule has 8 N–H and O–H groups in total. The molecule has 39 heavy (non-hydrogen) atoms. The molecule has 0 aromatic heterocycles. The van der Waals surface area contributed by atoms with Gasteiger partial charge in [0.05, 0.1) is 0 Å². The fraction of sp³-hybridized carbons (Fsp3) is 0.464. The summed E-state index contributed by atoms with van der Waals surface area (Å²) in [6, 6.07) is 16.6. The summed E-state index contributed by atoms with van der Waals surface area (Å²) in [5.41, 5.74) is 12.4. The van der Waals surface area contributed by atoms with Crippen LogP contribution >= 0.6 is 0 Å². The third-order valence-electron chi connectivity index (χ3n) is 6.17. The number of aliphatic carboxylic acids is 3. The highest BCUT2D eigenvalue weighted by molar-refractivity contribution is 5.75. The number of carboxylic acids is 3. The standard InChI is InChI=1S/C15H15NO2.C9H17NO2.C4H7F2NO2/c16-14(15(17)18)13(11-7-3-1-4-8-11)12-9-5-2-6-10-12;1-7(9(11)12)10-8-5-3-2-4-6-8;5-3(6)1-2(7)4(8)9/h1-10,13-14H,16H2,(H,17,18);7-8,10H,2-6H2,1H3,(H,11,12);2-3H,1,7H2,(H,8,9)/t14-;7-;/m00./s1. The SMILES string of the molecule is C[C@H](NC1CCCCC1)C(=O)O.NC(CC(F)F)C(=O)O.N[C@H](C(=O)O)C(c1ccccc1)c1ccccc1. The highest BCUT2D eigenvalue weighted by Crippen LogP contribution is 2.27. The Balaban J connectivity index is 0.000000315. The summed E-state index contributed by atoms with van der Waals surface area (Å²) < 4.78 is 22.6. The van der Waals surface area contributed by atoms with Gasteiger partial charge in [0.1, 0.15) is 18.1 Å². The molecule has 0 radical (unpaired) electrons. The fourth-order valence-corrected chi connectivity index (χ4v) is 4.06. The van der Waals surface area contributed by atoms with Crippen LogP contribution in [0.4, 0.5) is 8.78 Å². The van der Waals surface area contributed by atoms with Gasteiger partial charge in [0.2, 0.25) is 6.43 Å². The van der Waals surface area contributed by atoms with Crippen LogP contribution in [0.3, 0.4) is 0 Å². The first-order chi connectivity index (χ1) is 18.4. The van der Waals surface area contributed by atoms with Crippen molar-refractivity contribution in [1.29, 1.82) is 0 Å². The molecule has 1 fully saturated rings. The Morgan fingerprint density at radius 2 is 1.28 bits per heavy atom. The number of nitrogens with two attached hydrogens (primary N) is 2. The van der Waals surface area contributed by atoms with Gasteiger partial charge < -0.3 is 32.1 Å². The Morgan fingerprint density at radius 3 is 1.62 bits per heavy atom. The van der Waals surface area contributed by atoms with Crippen LogP contribution in [-0.2, 0) is 14.4 Å². The normalized spacial score (nSPS) is 15.7. The van der Waals surface area contributed by atoms with Crippen molar-refractivity contribution in [2.24, 2.45) is 11.5 Å². The van der Waals surface area contributed by atoms with Gasteiger partial charge in [-0.2, -0.15) is 0 Å². The van der Waals surface area contributed by atoms with E-state index >= 15 is 0 Å². The van der Waals surface area contributed by atoms with Gasteiger partial charge in [0.25, 0.3) is 0 Å². The highest BCUT2D eigenvalue weighted by atomic mass is 19.3. The van der Waals surface area contributed by atoms with Crippen molar-refractivity contribution in [3.8, 4) is 0 Å². The van der Waals surface area contributed by atoms with Gasteiger partial charge >= 0.3 is 17.9 Å². The smallest absolute Gasteiger partial charge is 0.321 e. The molecule has 11 heteroatoms. The topological polar surface area (TPSA) is 176 Å². The van der Waals surface area contributed by atoms with E-state index in [9.17, 15) is 23.2 Å². The Hall–Kier alpha value is -3.41. The zero-order valence-corrected chi connectivity index (χ0v) is 22.0. The van der Waals surface area contributed by atoms with E-state index in [0.717, 1.165) is 24.0 Å². The number of nitrogens with one attached hydrogen (secondary N) is 1. The molecule has 216 valence electrons. The first-order valence-corrected chi connectivity index (χ1v) is 12.8. The third kappa shape index (κ3) is 13.3. The third-order valence-corrected chi connectivity index (χ3v) is 6.17. The minimum absolute atomic E-state index is 0.329. The van der Waals surface area contributed by atoms with Crippen molar-refractivity contribution < 1.29 is 38.5 Å². The second kappa shape index (κ2) is 18.0. The van der Waals surface area contributed by atoms with E-state index in [1.807, 2.05) is 60.7 Å². The predicted molar refractivity (Wildman–Crippen MR) is 144 cm³/mol. The molecule has 0 amide bonds. The number of rotatable bonds is 10. The number of alkyl halides is 2. The summed E-state index contributed by atoms with van der Waals surface area (Å²) >= 11 is 0. The monoisotopic (exact) mass is 551 g/mol. The molecule has 1 aliphatic carbocycles. The average Bonchev–Trinajstić information content (AvgIpc) is 2.91. The Bertz CT molecular complexity index is 952. The van der Waals surface area contributed by atoms with E-state index in [-0.39, 0.29) is 5.92 Å². The first-order valence-electron chi connectivity index (χ1n) is 12.8. The van der Waals surface area contributed by atoms with E-state index in [1.165, 1.54) is 19.3 Å². The predicted octanol–water partition coefficient (Wildman–Crippen LogP) is 3.67. The second-order valence-corrected chi connectivity index (χ2v) is 9.30. The number of hydrogen-bond acceptors (Lipinski definition) is 6. The van der Waals surface area contributed by atoms with Crippen LogP contribution < -0.4 is 16.8 Å². The van der Waals surface area contributed by atoms with E-state index in [0.29, 0.717) is 6.04 Å². The van der Waals surface area contributed by atoms with Crippen molar-refractivity contribution in [2.45, 2.75) is 82.0 Å². The molecule has 0 saturated heterocycles. The summed E-state index contributed by atoms with van der Waals surface area (Å²) in [7, 11) is 0. The molecule has 0 spiro atoms. The maximum absolute atomic E-state index is 11.3. The van der Waals surface area contributed by atoms with Crippen molar-refractivity contribution in [3.63, 3.8) is 0 Å². The number of benzene rings is 2. The second-order valence-electron chi connectivity index (χ2n) is 9.30. The fourth-order valence-electron chi connectivity index (χ4n) is 4.06. The number of carbonyl (C=O) groups is 3. The van der Waals surface area contributed by atoms with Gasteiger partial charge in [-0.05, 0) is 30.9 Å². The first kappa shape index (κ1) is 33.6. The Labute approximate surface area is 227 Å². The summed E-state index contributed by atoms with van der Waals surface area (Å²) in [5, 5.41) is 28.9. The molecule has 1 unspecified atom stereocenters. The van der Waals surface area contributed by atoms with Crippen LogP contribution in [-0.4, -0.2) is 63.8 Å². The lowest BCUT2D eigenvalue weighted by atomic mass is 9.85. The van der Waals surface area contributed by atoms with E-state index in [4.69, 9.17) is 26.8 Å². The van der Waals surface area contributed by atoms with Crippen LogP contribution in [0.5, 0.6) is 0 Å². The number of carboxylic acid groups (broad SMARTS) is 3. The quantitative estimate of drug-likeness (QED) is 0.257. The maximum atomic E-state index is 11.3. The van der Waals surface area contributed by atoms with Crippen LogP contribution in [0, 0.1) is 0 Å².